The molecule has 21 heavy (non-hydrogen) atoms. The first-order valence-electron chi connectivity index (χ1n) is 6.25. The number of halogens is 2. The molecule has 0 fully saturated rings. The van der Waals surface area contributed by atoms with Crippen LogP contribution in [0.4, 0.5) is 22.7 Å². The molecule has 0 saturated carbocycles. The summed E-state index contributed by atoms with van der Waals surface area (Å²) in [4.78, 5) is 10.6. The van der Waals surface area contributed by atoms with Crippen LogP contribution in [0, 0.1) is 10.1 Å². The second-order valence-corrected chi connectivity index (χ2v) is 5.57. The Bertz CT molecular complexity index is 679. The molecule has 0 spiro atoms. The molecule has 5 nitrogen and oxygen atoms in total. The Morgan fingerprint density at radius 2 is 1.90 bits per heavy atom. The molecular formula is C14H13BrClN3O2. The van der Waals surface area contributed by atoms with Gasteiger partial charge in [-0.3, -0.25) is 10.1 Å². The Kier molecular flexibility index (Phi) is 5.03. The van der Waals surface area contributed by atoms with E-state index in [1.807, 2.05) is 25.1 Å². The third-order valence-electron chi connectivity index (χ3n) is 2.72. The van der Waals surface area contributed by atoms with Crippen molar-refractivity contribution in [2.45, 2.75) is 6.92 Å². The van der Waals surface area contributed by atoms with E-state index in [0.717, 1.165) is 10.2 Å². The van der Waals surface area contributed by atoms with E-state index in [0.29, 0.717) is 22.9 Å². The molecule has 0 saturated heterocycles. The van der Waals surface area contributed by atoms with Crippen LogP contribution in [0.25, 0.3) is 0 Å². The average Bonchev–Trinajstić information content (AvgIpc) is 2.43. The molecule has 0 aliphatic carbocycles. The minimum absolute atomic E-state index is 0.0270. The van der Waals surface area contributed by atoms with Crippen LogP contribution in [0.3, 0.4) is 0 Å². The smallest absolute Gasteiger partial charge is 0.273 e. The number of anilines is 3. The zero-order chi connectivity index (χ0) is 15.4. The Morgan fingerprint density at radius 3 is 2.52 bits per heavy atom. The fourth-order valence-corrected chi connectivity index (χ4v) is 2.26. The number of nitrogens with zero attached hydrogens (tertiary/aromatic N) is 1. The first-order valence-corrected chi connectivity index (χ1v) is 7.42. The number of rotatable bonds is 5. The van der Waals surface area contributed by atoms with Crippen molar-refractivity contribution in [3.63, 3.8) is 0 Å². The molecule has 0 heterocycles. The Balaban J connectivity index is 2.33. The second-order valence-electron chi connectivity index (χ2n) is 4.31. The van der Waals surface area contributed by atoms with Gasteiger partial charge in [-0.05, 0) is 47.1 Å². The Hall–Kier alpha value is -1.79. The molecular weight excluding hydrogens is 358 g/mol. The highest BCUT2D eigenvalue weighted by atomic mass is 79.9. The van der Waals surface area contributed by atoms with Gasteiger partial charge in [0.05, 0.1) is 9.95 Å². The molecule has 2 aromatic carbocycles. The zero-order valence-corrected chi connectivity index (χ0v) is 13.5. The molecule has 0 atom stereocenters. The fourth-order valence-electron chi connectivity index (χ4n) is 1.84. The number of nitrogens with one attached hydrogen (secondary N) is 2. The van der Waals surface area contributed by atoms with Crippen LogP contribution in [-0.2, 0) is 0 Å². The third kappa shape index (κ3) is 4.09. The highest BCUT2D eigenvalue weighted by molar-refractivity contribution is 9.10. The van der Waals surface area contributed by atoms with Gasteiger partial charge >= 0.3 is 0 Å². The lowest BCUT2D eigenvalue weighted by molar-refractivity contribution is -0.384. The molecule has 2 rings (SSSR count). The molecule has 0 aliphatic rings. The van der Waals surface area contributed by atoms with Crippen molar-refractivity contribution >= 4 is 50.3 Å². The standard InChI is InChI=1S/C14H13BrClN3O2/c1-2-17-10-5-11(7-12(6-10)19(20)21)18-9-3-4-13(15)14(16)8-9/h3-8,17-18H,2H2,1H3. The summed E-state index contributed by atoms with van der Waals surface area (Å²) in [6, 6.07) is 10.2. The van der Waals surface area contributed by atoms with Gasteiger partial charge in [0.2, 0.25) is 0 Å². The van der Waals surface area contributed by atoms with Crippen molar-refractivity contribution in [3.8, 4) is 0 Å². The predicted molar refractivity (Wildman–Crippen MR) is 89.7 cm³/mol. The first-order chi connectivity index (χ1) is 9.99. The van der Waals surface area contributed by atoms with Crippen molar-refractivity contribution in [1.82, 2.24) is 0 Å². The van der Waals surface area contributed by atoms with Crippen molar-refractivity contribution in [2.75, 3.05) is 17.2 Å². The van der Waals surface area contributed by atoms with Crippen LogP contribution in [0.5, 0.6) is 0 Å². The SMILES string of the molecule is CCNc1cc(Nc2ccc(Br)c(Cl)c2)cc([N+](=O)[O-])c1. The molecule has 7 heteroatoms. The molecule has 2 N–H and O–H groups in total. The van der Waals surface area contributed by atoms with Gasteiger partial charge in [0.25, 0.3) is 5.69 Å². The first kappa shape index (κ1) is 15.6. The van der Waals surface area contributed by atoms with Gasteiger partial charge in [-0.1, -0.05) is 11.6 Å². The third-order valence-corrected chi connectivity index (χ3v) is 3.95. The molecule has 0 radical (unpaired) electrons. The number of nitro benzene ring substituents is 1. The minimum Gasteiger partial charge on any atom is -0.385 e. The summed E-state index contributed by atoms with van der Waals surface area (Å²) >= 11 is 9.35. The largest absolute Gasteiger partial charge is 0.385 e. The van der Waals surface area contributed by atoms with Gasteiger partial charge < -0.3 is 10.6 Å². The Labute approximate surface area is 135 Å². The van der Waals surface area contributed by atoms with Crippen LogP contribution in [0.1, 0.15) is 6.92 Å². The average molecular weight is 371 g/mol. The monoisotopic (exact) mass is 369 g/mol. The van der Waals surface area contributed by atoms with E-state index >= 15 is 0 Å². The van der Waals surface area contributed by atoms with Crippen LogP contribution in [-0.4, -0.2) is 11.5 Å². The van der Waals surface area contributed by atoms with Gasteiger partial charge in [0.15, 0.2) is 0 Å². The van der Waals surface area contributed by atoms with Gasteiger partial charge in [0, 0.05) is 40.2 Å². The summed E-state index contributed by atoms with van der Waals surface area (Å²) in [5, 5.41) is 17.7. The van der Waals surface area contributed by atoms with Crippen LogP contribution in [0.15, 0.2) is 40.9 Å². The maximum Gasteiger partial charge on any atom is 0.273 e. The quantitative estimate of drug-likeness (QED) is 0.561. The van der Waals surface area contributed by atoms with E-state index in [1.165, 1.54) is 12.1 Å². The lowest BCUT2D eigenvalue weighted by Gasteiger charge is -2.10. The van der Waals surface area contributed by atoms with Crippen LogP contribution in [0.2, 0.25) is 5.02 Å². The van der Waals surface area contributed by atoms with Gasteiger partial charge in [-0.15, -0.1) is 0 Å². The molecule has 0 aromatic heterocycles. The molecule has 0 unspecified atom stereocenters. The van der Waals surface area contributed by atoms with Crippen molar-refractivity contribution in [3.05, 3.63) is 56.0 Å². The summed E-state index contributed by atoms with van der Waals surface area (Å²) in [6.07, 6.45) is 0. The summed E-state index contributed by atoms with van der Waals surface area (Å²) in [6.45, 7) is 2.62. The van der Waals surface area contributed by atoms with E-state index in [4.69, 9.17) is 11.6 Å². The summed E-state index contributed by atoms with van der Waals surface area (Å²) in [5.41, 5.74) is 2.10. The summed E-state index contributed by atoms with van der Waals surface area (Å²) in [5.74, 6) is 0. The summed E-state index contributed by atoms with van der Waals surface area (Å²) < 4.78 is 0.794. The van der Waals surface area contributed by atoms with Crippen LogP contribution >= 0.6 is 27.5 Å². The minimum atomic E-state index is -0.416. The number of hydrogen-bond acceptors (Lipinski definition) is 4. The normalized spacial score (nSPS) is 10.2. The molecule has 2 aromatic rings. The van der Waals surface area contributed by atoms with Gasteiger partial charge in [-0.25, -0.2) is 0 Å². The number of hydrogen-bond donors (Lipinski definition) is 2. The number of non-ortho nitro benzene ring substituents is 1. The van der Waals surface area contributed by atoms with Crippen molar-refractivity contribution < 1.29 is 4.92 Å². The summed E-state index contributed by atoms with van der Waals surface area (Å²) in [7, 11) is 0. The lowest BCUT2D eigenvalue weighted by Crippen LogP contribution is -2.00. The van der Waals surface area contributed by atoms with E-state index in [9.17, 15) is 10.1 Å². The van der Waals surface area contributed by atoms with E-state index in [-0.39, 0.29) is 5.69 Å². The number of benzene rings is 2. The van der Waals surface area contributed by atoms with Crippen LogP contribution < -0.4 is 10.6 Å². The van der Waals surface area contributed by atoms with Crippen molar-refractivity contribution in [1.29, 1.82) is 0 Å². The maximum atomic E-state index is 11.0. The highest BCUT2D eigenvalue weighted by Gasteiger charge is 2.10. The topological polar surface area (TPSA) is 67.2 Å². The van der Waals surface area contributed by atoms with Gasteiger partial charge in [-0.2, -0.15) is 0 Å². The predicted octanol–water partition coefficient (Wildman–Crippen LogP) is 5.19. The van der Waals surface area contributed by atoms with E-state index in [1.54, 1.807) is 6.07 Å². The second kappa shape index (κ2) is 6.78. The highest BCUT2D eigenvalue weighted by Crippen LogP contribution is 2.30. The van der Waals surface area contributed by atoms with Crippen molar-refractivity contribution in [2.24, 2.45) is 0 Å². The van der Waals surface area contributed by atoms with Gasteiger partial charge in [0.1, 0.15) is 0 Å². The van der Waals surface area contributed by atoms with E-state index < -0.39 is 4.92 Å². The number of nitro groups is 1. The molecule has 0 aliphatic heterocycles. The maximum absolute atomic E-state index is 11.0. The lowest BCUT2D eigenvalue weighted by atomic mass is 10.2. The van der Waals surface area contributed by atoms with E-state index in [2.05, 4.69) is 26.6 Å². The molecule has 0 bridgehead atoms. The molecule has 110 valence electrons. The molecule has 0 amide bonds. The Morgan fingerprint density at radius 1 is 1.19 bits per heavy atom. The fraction of sp³-hybridized carbons (Fsp3) is 0.143. The zero-order valence-electron chi connectivity index (χ0n) is 11.2.